The van der Waals surface area contributed by atoms with E-state index >= 15 is 0 Å². The maximum atomic E-state index is 12.6. The standard InChI is InChI=1S/C26H20ClN3O3/c27-24-8-4-3-7-20(24)15-30-16-21(14-28-30)29-26(31)25-12-11-23(33-25)17-32-22-10-9-18-5-1-2-6-19(18)13-22/h1-14,16H,15,17H2,(H,29,31). The predicted octanol–water partition coefficient (Wildman–Crippen LogP) is 6.16. The molecule has 1 N–H and O–H groups in total. The molecule has 0 fully saturated rings. The van der Waals surface area contributed by atoms with Crippen LogP contribution in [0.4, 0.5) is 5.69 Å². The number of hydrogen-bond donors (Lipinski definition) is 1. The van der Waals surface area contributed by atoms with Gasteiger partial charge < -0.3 is 14.5 Å². The van der Waals surface area contributed by atoms with Gasteiger partial charge in [-0.1, -0.05) is 60.1 Å². The Morgan fingerprint density at radius 1 is 1.00 bits per heavy atom. The summed E-state index contributed by atoms with van der Waals surface area (Å²) in [5, 5.41) is 10.0. The number of rotatable bonds is 7. The first-order valence-electron chi connectivity index (χ1n) is 10.4. The van der Waals surface area contributed by atoms with E-state index in [0.717, 1.165) is 22.1 Å². The number of aromatic nitrogens is 2. The SMILES string of the molecule is O=C(Nc1cnn(Cc2ccccc2Cl)c1)c1ccc(COc2ccc3ccccc3c2)o1. The highest BCUT2D eigenvalue weighted by atomic mass is 35.5. The van der Waals surface area contributed by atoms with Crippen molar-refractivity contribution in [2.45, 2.75) is 13.2 Å². The number of carbonyl (C=O) groups excluding carboxylic acids is 1. The largest absolute Gasteiger partial charge is 0.486 e. The van der Waals surface area contributed by atoms with Gasteiger partial charge in [0, 0.05) is 11.2 Å². The van der Waals surface area contributed by atoms with Crippen molar-refractivity contribution in [3.63, 3.8) is 0 Å². The monoisotopic (exact) mass is 457 g/mol. The van der Waals surface area contributed by atoms with Crippen molar-refractivity contribution in [1.82, 2.24) is 9.78 Å². The molecule has 0 radical (unpaired) electrons. The third kappa shape index (κ3) is 4.91. The third-order valence-electron chi connectivity index (χ3n) is 5.17. The van der Waals surface area contributed by atoms with Crippen molar-refractivity contribution in [3.8, 4) is 5.75 Å². The van der Waals surface area contributed by atoms with Gasteiger partial charge in [-0.15, -0.1) is 0 Å². The molecule has 0 atom stereocenters. The molecule has 7 heteroatoms. The molecule has 1 amide bonds. The minimum Gasteiger partial charge on any atom is -0.486 e. The molecule has 0 saturated carbocycles. The molecule has 5 aromatic rings. The number of ether oxygens (including phenoxy) is 1. The lowest BCUT2D eigenvalue weighted by atomic mass is 10.1. The summed E-state index contributed by atoms with van der Waals surface area (Å²) < 4.78 is 13.2. The average molecular weight is 458 g/mol. The number of anilines is 1. The van der Waals surface area contributed by atoms with E-state index < -0.39 is 0 Å². The molecule has 0 aliphatic rings. The van der Waals surface area contributed by atoms with Gasteiger partial charge >= 0.3 is 0 Å². The van der Waals surface area contributed by atoms with Gasteiger partial charge in [0.25, 0.3) is 5.91 Å². The van der Waals surface area contributed by atoms with Crippen LogP contribution in [0.2, 0.25) is 5.02 Å². The summed E-state index contributed by atoms with van der Waals surface area (Å²) in [4.78, 5) is 12.6. The first-order chi connectivity index (χ1) is 16.1. The maximum absolute atomic E-state index is 12.6. The molecular formula is C26H20ClN3O3. The molecule has 164 valence electrons. The first-order valence-corrected chi connectivity index (χ1v) is 10.8. The van der Waals surface area contributed by atoms with E-state index in [1.54, 1.807) is 29.2 Å². The highest BCUT2D eigenvalue weighted by molar-refractivity contribution is 6.31. The van der Waals surface area contributed by atoms with Gasteiger partial charge in [-0.3, -0.25) is 9.48 Å². The fraction of sp³-hybridized carbons (Fsp3) is 0.0769. The van der Waals surface area contributed by atoms with Crippen molar-refractivity contribution in [1.29, 1.82) is 0 Å². The van der Waals surface area contributed by atoms with Crippen molar-refractivity contribution in [2.75, 3.05) is 5.32 Å². The Balaban J connectivity index is 1.19. The molecule has 3 aromatic carbocycles. The number of fused-ring (bicyclic) bond motifs is 1. The minimum absolute atomic E-state index is 0.200. The van der Waals surface area contributed by atoms with Crippen molar-refractivity contribution in [2.24, 2.45) is 0 Å². The zero-order chi connectivity index (χ0) is 22.6. The van der Waals surface area contributed by atoms with Gasteiger partial charge in [-0.05, 0) is 46.7 Å². The second-order valence-electron chi connectivity index (χ2n) is 7.54. The summed E-state index contributed by atoms with van der Waals surface area (Å²) in [6.45, 7) is 0.730. The predicted molar refractivity (Wildman–Crippen MR) is 128 cm³/mol. The molecule has 0 spiro atoms. The fourth-order valence-electron chi connectivity index (χ4n) is 3.50. The lowest BCUT2D eigenvalue weighted by Crippen LogP contribution is -2.10. The van der Waals surface area contributed by atoms with Crippen LogP contribution in [0.15, 0.2) is 95.7 Å². The Bertz CT molecular complexity index is 1420. The summed E-state index contributed by atoms with van der Waals surface area (Å²) in [5.74, 6) is 1.14. The van der Waals surface area contributed by atoms with E-state index in [4.69, 9.17) is 20.8 Å². The van der Waals surface area contributed by atoms with Crippen LogP contribution in [-0.2, 0) is 13.2 Å². The van der Waals surface area contributed by atoms with Crippen LogP contribution >= 0.6 is 11.6 Å². The first kappa shape index (κ1) is 20.8. The zero-order valence-corrected chi connectivity index (χ0v) is 18.3. The number of furan rings is 1. The zero-order valence-electron chi connectivity index (χ0n) is 17.6. The van der Waals surface area contributed by atoms with Gasteiger partial charge in [0.15, 0.2) is 5.76 Å². The Kier molecular flexibility index (Phi) is 5.83. The second-order valence-corrected chi connectivity index (χ2v) is 7.94. The number of nitrogens with zero attached hydrogens (tertiary/aromatic N) is 2. The smallest absolute Gasteiger partial charge is 0.291 e. The second kappa shape index (κ2) is 9.22. The molecule has 0 aliphatic heterocycles. The highest BCUT2D eigenvalue weighted by Gasteiger charge is 2.13. The summed E-state index contributed by atoms with van der Waals surface area (Å²) in [7, 11) is 0. The molecular weight excluding hydrogens is 438 g/mol. The Morgan fingerprint density at radius 2 is 1.82 bits per heavy atom. The Morgan fingerprint density at radius 3 is 2.70 bits per heavy atom. The fourth-order valence-corrected chi connectivity index (χ4v) is 3.69. The van der Waals surface area contributed by atoms with Crippen molar-refractivity contribution < 1.29 is 13.9 Å². The van der Waals surface area contributed by atoms with Crippen molar-refractivity contribution in [3.05, 3.63) is 113 Å². The number of amides is 1. The van der Waals surface area contributed by atoms with Gasteiger partial charge in [0.2, 0.25) is 0 Å². The molecule has 0 unspecified atom stereocenters. The molecule has 2 aromatic heterocycles. The minimum atomic E-state index is -0.357. The van der Waals surface area contributed by atoms with Gasteiger partial charge in [-0.2, -0.15) is 5.10 Å². The number of carbonyl (C=O) groups is 1. The van der Waals surface area contributed by atoms with Crippen LogP contribution < -0.4 is 10.1 Å². The van der Waals surface area contributed by atoms with E-state index in [9.17, 15) is 4.79 Å². The number of hydrogen-bond acceptors (Lipinski definition) is 4. The topological polar surface area (TPSA) is 69.3 Å². The third-order valence-corrected chi connectivity index (χ3v) is 5.54. The van der Waals surface area contributed by atoms with Crippen LogP contribution in [0.25, 0.3) is 10.8 Å². The molecule has 0 aliphatic carbocycles. The molecule has 5 rings (SSSR count). The van der Waals surface area contributed by atoms with Crippen LogP contribution in [0.3, 0.4) is 0 Å². The van der Waals surface area contributed by atoms with E-state index in [-0.39, 0.29) is 18.3 Å². The highest BCUT2D eigenvalue weighted by Crippen LogP contribution is 2.22. The molecule has 6 nitrogen and oxygen atoms in total. The van der Waals surface area contributed by atoms with Crippen LogP contribution in [0, 0.1) is 0 Å². The molecule has 0 saturated heterocycles. The summed E-state index contributed by atoms with van der Waals surface area (Å²) in [5.41, 5.74) is 1.51. The van der Waals surface area contributed by atoms with E-state index in [1.165, 1.54) is 0 Å². The van der Waals surface area contributed by atoms with Gasteiger partial charge in [0.1, 0.15) is 18.1 Å². The van der Waals surface area contributed by atoms with Crippen LogP contribution in [-0.4, -0.2) is 15.7 Å². The summed E-state index contributed by atoms with van der Waals surface area (Å²) in [6, 6.07) is 24.9. The Hall–Kier alpha value is -4.03. The van der Waals surface area contributed by atoms with Gasteiger partial charge in [-0.25, -0.2) is 0 Å². The van der Waals surface area contributed by atoms with Crippen molar-refractivity contribution >= 4 is 34.0 Å². The lowest BCUT2D eigenvalue weighted by molar-refractivity contribution is 0.0992. The van der Waals surface area contributed by atoms with E-state index in [2.05, 4.69) is 16.5 Å². The van der Waals surface area contributed by atoms with Gasteiger partial charge in [0.05, 0.1) is 18.4 Å². The van der Waals surface area contributed by atoms with E-state index in [0.29, 0.717) is 23.0 Å². The molecule has 2 heterocycles. The molecule has 0 bridgehead atoms. The quantitative estimate of drug-likeness (QED) is 0.317. The average Bonchev–Trinajstić information content (AvgIpc) is 3.49. The lowest BCUT2D eigenvalue weighted by Gasteiger charge is -2.06. The van der Waals surface area contributed by atoms with Crippen LogP contribution in [0.5, 0.6) is 5.75 Å². The number of halogens is 1. The number of nitrogens with one attached hydrogen (secondary N) is 1. The summed E-state index contributed by atoms with van der Waals surface area (Å²) in [6.07, 6.45) is 3.33. The number of benzene rings is 3. The van der Waals surface area contributed by atoms with Crippen LogP contribution in [0.1, 0.15) is 21.9 Å². The normalized spacial score (nSPS) is 10.9. The molecule has 33 heavy (non-hydrogen) atoms. The summed E-state index contributed by atoms with van der Waals surface area (Å²) >= 11 is 6.20. The maximum Gasteiger partial charge on any atom is 0.291 e. The Labute approximate surface area is 195 Å². The van der Waals surface area contributed by atoms with E-state index in [1.807, 2.05) is 60.7 Å².